The topological polar surface area (TPSA) is 70.7 Å². The fraction of sp³-hybridized carbons (Fsp3) is 0.333. The molecule has 0 unspecified atom stereocenters. The number of nitrogens with zero attached hydrogens (tertiary/aromatic N) is 1. The van der Waals surface area contributed by atoms with Gasteiger partial charge in [0.1, 0.15) is 0 Å². The van der Waals surface area contributed by atoms with E-state index in [-0.39, 0.29) is 24.3 Å². The molecule has 2 amide bonds. The number of hydrogen-bond acceptors (Lipinski definition) is 4. The van der Waals surface area contributed by atoms with Gasteiger partial charge in [0.15, 0.2) is 0 Å². The lowest BCUT2D eigenvalue weighted by Gasteiger charge is -2.30. The van der Waals surface area contributed by atoms with E-state index in [2.05, 4.69) is 15.5 Å². The van der Waals surface area contributed by atoms with Crippen molar-refractivity contribution in [3.63, 3.8) is 0 Å². The molecular formula is C21H25N3O3. The Hall–Kier alpha value is -2.86. The molecule has 1 saturated heterocycles. The Bertz CT molecular complexity index is 773. The van der Waals surface area contributed by atoms with E-state index in [1.807, 2.05) is 54.6 Å². The summed E-state index contributed by atoms with van der Waals surface area (Å²) in [6, 6.07) is 16.9. The van der Waals surface area contributed by atoms with E-state index in [9.17, 15) is 9.59 Å². The van der Waals surface area contributed by atoms with Crippen molar-refractivity contribution in [1.82, 2.24) is 5.32 Å². The van der Waals surface area contributed by atoms with Gasteiger partial charge in [0.2, 0.25) is 11.8 Å². The predicted octanol–water partition coefficient (Wildman–Crippen LogP) is 2.73. The molecule has 1 heterocycles. The van der Waals surface area contributed by atoms with Crippen molar-refractivity contribution in [1.29, 1.82) is 0 Å². The first-order valence-corrected chi connectivity index (χ1v) is 9.17. The highest BCUT2D eigenvalue weighted by molar-refractivity contribution is 5.95. The molecule has 0 saturated carbocycles. The first-order valence-electron chi connectivity index (χ1n) is 9.17. The van der Waals surface area contributed by atoms with Crippen molar-refractivity contribution >= 4 is 23.2 Å². The molecule has 1 fully saturated rings. The fourth-order valence-corrected chi connectivity index (χ4v) is 3.23. The van der Waals surface area contributed by atoms with Crippen molar-refractivity contribution in [3.8, 4) is 0 Å². The average Bonchev–Trinajstić information content (AvgIpc) is 2.69. The van der Waals surface area contributed by atoms with E-state index >= 15 is 0 Å². The van der Waals surface area contributed by atoms with Crippen LogP contribution in [0.3, 0.4) is 0 Å². The SMILES string of the molecule is CC(=O)N[C@@H](CC(=O)Nc1ccccc1N1CCOCC1)c1ccccc1. The second-order valence-corrected chi connectivity index (χ2v) is 6.53. The van der Waals surface area contributed by atoms with E-state index in [4.69, 9.17) is 4.74 Å². The first-order chi connectivity index (χ1) is 13.1. The van der Waals surface area contributed by atoms with Crippen molar-refractivity contribution in [2.75, 3.05) is 36.5 Å². The largest absolute Gasteiger partial charge is 0.378 e. The van der Waals surface area contributed by atoms with Gasteiger partial charge >= 0.3 is 0 Å². The summed E-state index contributed by atoms with van der Waals surface area (Å²) in [6.07, 6.45) is 0.168. The summed E-state index contributed by atoms with van der Waals surface area (Å²) in [5.41, 5.74) is 2.67. The van der Waals surface area contributed by atoms with Crippen LogP contribution in [-0.2, 0) is 14.3 Å². The third-order valence-electron chi connectivity index (χ3n) is 4.50. The summed E-state index contributed by atoms with van der Waals surface area (Å²) in [4.78, 5) is 26.5. The molecule has 1 atom stereocenters. The Morgan fingerprint density at radius 3 is 2.41 bits per heavy atom. The van der Waals surface area contributed by atoms with E-state index in [0.29, 0.717) is 13.2 Å². The third kappa shape index (κ3) is 5.31. The zero-order valence-electron chi connectivity index (χ0n) is 15.5. The Kier molecular flexibility index (Phi) is 6.44. The van der Waals surface area contributed by atoms with Crippen LogP contribution in [-0.4, -0.2) is 38.1 Å². The first kappa shape index (κ1) is 18.9. The van der Waals surface area contributed by atoms with Crippen molar-refractivity contribution < 1.29 is 14.3 Å². The second kappa shape index (κ2) is 9.19. The Morgan fingerprint density at radius 1 is 1.04 bits per heavy atom. The molecule has 0 spiro atoms. The predicted molar refractivity (Wildman–Crippen MR) is 106 cm³/mol. The van der Waals surface area contributed by atoms with Gasteiger partial charge in [-0.3, -0.25) is 9.59 Å². The van der Waals surface area contributed by atoms with Crippen LogP contribution in [0.2, 0.25) is 0 Å². The van der Waals surface area contributed by atoms with Crippen LogP contribution in [0.25, 0.3) is 0 Å². The fourth-order valence-electron chi connectivity index (χ4n) is 3.23. The lowest BCUT2D eigenvalue weighted by molar-refractivity contribution is -0.120. The molecule has 1 aliphatic heterocycles. The maximum atomic E-state index is 12.7. The molecule has 2 aromatic rings. The van der Waals surface area contributed by atoms with Crippen LogP contribution >= 0.6 is 0 Å². The minimum atomic E-state index is -0.362. The normalized spacial score (nSPS) is 15.1. The summed E-state index contributed by atoms with van der Waals surface area (Å²) in [5, 5.41) is 5.87. The molecule has 6 nitrogen and oxygen atoms in total. The second-order valence-electron chi connectivity index (χ2n) is 6.53. The van der Waals surface area contributed by atoms with Crippen molar-refractivity contribution in [2.45, 2.75) is 19.4 Å². The number of benzene rings is 2. The monoisotopic (exact) mass is 367 g/mol. The van der Waals surface area contributed by atoms with Crippen LogP contribution in [0.5, 0.6) is 0 Å². The Balaban J connectivity index is 1.71. The summed E-state index contributed by atoms with van der Waals surface area (Å²) in [6.45, 7) is 4.42. The molecule has 0 aromatic heterocycles. The van der Waals surface area contributed by atoms with Gasteiger partial charge in [-0.2, -0.15) is 0 Å². The van der Waals surface area contributed by atoms with Crippen LogP contribution < -0.4 is 15.5 Å². The average molecular weight is 367 g/mol. The standard InChI is InChI=1S/C21H25N3O3/c1-16(25)22-19(17-7-3-2-4-8-17)15-21(26)23-18-9-5-6-10-20(18)24-11-13-27-14-12-24/h2-10,19H,11-15H2,1H3,(H,22,25)(H,23,26)/t19-/m0/s1. The van der Waals surface area contributed by atoms with Gasteiger partial charge in [-0.25, -0.2) is 0 Å². The van der Waals surface area contributed by atoms with E-state index in [1.54, 1.807) is 0 Å². The molecule has 142 valence electrons. The lowest BCUT2D eigenvalue weighted by atomic mass is 10.0. The molecule has 0 bridgehead atoms. The van der Waals surface area contributed by atoms with Gasteiger partial charge in [0.05, 0.1) is 37.1 Å². The highest BCUT2D eigenvalue weighted by Crippen LogP contribution is 2.27. The smallest absolute Gasteiger partial charge is 0.226 e. The van der Waals surface area contributed by atoms with E-state index in [0.717, 1.165) is 30.0 Å². The lowest BCUT2D eigenvalue weighted by Crippen LogP contribution is -2.37. The highest BCUT2D eigenvalue weighted by atomic mass is 16.5. The van der Waals surface area contributed by atoms with Crippen LogP contribution in [0.1, 0.15) is 24.9 Å². The number of morpholine rings is 1. The summed E-state index contributed by atoms with van der Waals surface area (Å²) in [7, 11) is 0. The third-order valence-corrected chi connectivity index (χ3v) is 4.50. The molecule has 6 heteroatoms. The molecule has 0 aliphatic carbocycles. The number of amides is 2. The van der Waals surface area contributed by atoms with Gasteiger partial charge in [0.25, 0.3) is 0 Å². The molecule has 1 aliphatic rings. The molecule has 0 radical (unpaired) electrons. The van der Waals surface area contributed by atoms with Crippen molar-refractivity contribution in [2.24, 2.45) is 0 Å². The van der Waals surface area contributed by atoms with Crippen LogP contribution in [0, 0.1) is 0 Å². The molecule has 3 rings (SSSR count). The molecule has 27 heavy (non-hydrogen) atoms. The number of anilines is 2. The maximum absolute atomic E-state index is 12.7. The van der Waals surface area contributed by atoms with Gasteiger partial charge in [-0.1, -0.05) is 42.5 Å². The van der Waals surface area contributed by atoms with Gasteiger partial charge in [0, 0.05) is 20.0 Å². The number of rotatable bonds is 6. The van der Waals surface area contributed by atoms with Gasteiger partial charge in [-0.05, 0) is 17.7 Å². The number of carbonyl (C=O) groups excluding carboxylic acids is 2. The molecular weight excluding hydrogens is 342 g/mol. The number of carbonyl (C=O) groups is 2. The molecule has 2 aromatic carbocycles. The number of hydrogen-bond donors (Lipinski definition) is 2. The van der Waals surface area contributed by atoms with Crippen LogP contribution in [0.4, 0.5) is 11.4 Å². The number of ether oxygens (including phenoxy) is 1. The zero-order valence-corrected chi connectivity index (χ0v) is 15.5. The van der Waals surface area contributed by atoms with E-state index in [1.165, 1.54) is 6.92 Å². The molecule has 2 N–H and O–H groups in total. The highest BCUT2D eigenvalue weighted by Gasteiger charge is 2.19. The van der Waals surface area contributed by atoms with E-state index < -0.39 is 0 Å². The summed E-state index contributed by atoms with van der Waals surface area (Å²) >= 11 is 0. The minimum Gasteiger partial charge on any atom is -0.378 e. The zero-order chi connectivity index (χ0) is 19.1. The minimum absolute atomic E-state index is 0.140. The van der Waals surface area contributed by atoms with Gasteiger partial charge < -0.3 is 20.3 Å². The maximum Gasteiger partial charge on any atom is 0.226 e. The number of nitrogens with one attached hydrogen (secondary N) is 2. The number of para-hydroxylation sites is 2. The van der Waals surface area contributed by atoms with Gasteiger partial charge in [-0.15, -0.1) is 0 Å². The quantitative estimate of drug-likeness (QED) is 0.824. The Labute approximate surface area is 159 Å². The van der Waals surface area contributed by atoms with Crippen molar-refractivity contribution in [3.05, 3.63) is 60.2 Å². The summed E-state index contributed by atoms with van der Waals surface area (Å²) < 4.78 is 5.41. The van der Waals surface area contributed by atoms with Crippen LogP contribution in [0.15, 0.2) is 54.6 Å². The Morgan fingerprint density at radius 2 is 1.70 bits per heavy atom. The summed E-state index contributed by atoms with van der Waals surface area (Å²) in [5.74, 6) is -0.302.